The van der Waals surface area contributed by atoms with E-state index < -0.39 is 0 Å². The lowest BCUT2D eigenvalue weighted by Crippen LogP contribution is -2.34. The van der Waals surface area contributed by atoms with Crippen LogP contribution in [0.3, 0.4) is 0 Å². The van der Waals surface area contributed by atoms with E-state index in [1.807, 2.05) is 0 Å². The van der Waals surface area contributed by atoms with E-state index in [-0.39, 0.29) is 11.6 Å². The van der Waals surface area contributed by atoms with Gasteiger partial charge in [0.25, 0.3) is 5.56 Å². The van der Waals surface area contributed by atoms with Crippen molar-refractivity contribution in [2.45, 2.75) is 19.4 Å². The van der Waals surface area contributed by atoms with Crippen molar-refractivity contribution in [1.29, 1.82) is 0 Å². The first-order chi connectivity index (χ1) is 10.2. The summed E-state index contributed by atoms with van der Waals surface area (Å²) in [6.45, 7) is 3.09. The van der Waals surface area contributed by atoms with Gasteiger partial charge in [0.2, 0.25) is 10.1 Å². The molecule has 1 aliphatic rings. The first-order valence-electron chi connectivity index (χ1n) is 6.93. The molecule has 2 aromatic heterocycles. The molecule has 1 atom stereocenters. The largest absolute Gasteiger partial charge is 0.340 e. The molecule has 3 aromatic rings. The molecule has 0 spiro atoms. The fraction of sp³-hybridized carbons (Fsp3) is 0.267. The minimum atomic E-state index is -0.132. The first kappa shape index (κ1) is 12.5. The molecule has 0 saturated carbocycles. The molecule has 0 N–H and O–H groups in total. The molecule has 1 unspecified atom stereocenters. The molecule has 106 valence electrons. The number of benzene rings is 1. The lowest BCUT2D eigenvalue weighted by atomic mass is 9.94. The number of rotatable bonds is 1. The Hall–Kier alpha value is -2.21. The summed E-state index contributed by atoms with van der Waals surface area (Å²) in [5, 5.41) is 5.30. The normalized spacial score (nSPS) is 18.0. The Bertz CT molecular complexity index is 869. The summed E-state index contributed by atoms with van der Waals surface area (Å²) in [4.78, 5) is 18.9. The second-order valence-corrected chi connectivity index (χ2v) is 6.11. The molecular weight excluding hydrogens is 284 g/mol. The second-order valence-electron chi connectivity index (χ2n) is 5.18. The van der Waals surface area contributed by atoms with Crippen molar-refractivity contribution in [2.24, 2.45) is 0 Å². The minimum Gasteiger partial charge on any atom is -0.340 e. The number of aromatic nitrogens is 3. The molecule has 0 bridgehead atoms. The molecule has 0 saturated heterocycles. The van der Waals surface area contributed by atoms with Crippen LogP contribution in [0.5, 0.6) is 0 Å². The monoisotopic (exact) mass is 298 g/mol. The zero-order valence-electron chi connectivity index (χ0n) is 11.6. The van der Waals surface area contributed by atoms with Gasteiger partial charge < -0.3 is 4.90 Å². The Labute approximate surface area is 125 Å². The van der Waals surface area contributed by atoms with Crippen LogP contribution in [-0.2, 0) is 6.42 Å². The summed E-state index contributed by atoms with van der Waals surface area (Å²) < 4.78 is 1.38. The van der Waals surface area contributed by atoms with Crippen LogP contribution in [0.15, 0.2) is 41.3 Å². The Morgan fingerprint density at radius 1 is 1.29 bits per heavy atom. The van der Waals surface area contributed by atoms with Gasteiger partial charge in [0.05, 0.1) is 6.04 Å². The first-order valence-corrected chi connectivity index (χ1v) is 7.75. The van der Waals surface area contributed by atoms with E-state index in [9.17, 15) is 4.79 Å². The molecular formula is C15H14N4OS. The van der Waals surface area contributed by atoms with Crippen molar-refractivity contribution in [2.75, 3.05) is 11.4 Å². The summed E-state index contributed by atoms with van der Waals surface area (Å²) in [6, 6.07) is 10.2. The smallest absolute Gasteiger partial charge is 0.275 e. The van der Waals surface area contributed by atoms with E-state index in [0.29, 0.717) is 4.96 Å². The fourth-order valence-electron chi connectivity index (χ4n) is 2.88. The van der Waals surface area contributed by atoms with Crippen molar-refractivity contribution in [3.05, 3.63) is 58.0 Å². The van der Waals surface area contributed by atoms with Gasteiger partial charge in [0, 0.05) is 18.8 Å². The number of hydrogen-bond donors (Lipinski definition) is 0. The average molecular weight is 298 g/mol. The molecule has 0 fully saturated rings. The molecule has 6 heteroatoms. The number of fused-ring (bicyclic) bond motifs is 2. The molecule has 21 heavy (non-hydrogen) atoms. The summed E-state index contributed by atoms with van der Waals surface area (Å²) in [5.41, 5.74) is 2.61. The molecule has 5 nitrogen and oxygen atoms in total. The van der Waals surface area contributed by atoms with Crippen LogP contribution in [0.4, 0.5) is 5.13 Å². The van der Waals surface area contributed by atoms with Crippen molar-refractivity contribution in [3.8, 4) is 0 Å². The number of hydrogen-bond acceptors (Lipinski definition) is 5. The van der Waals surface area contributed by atoms with E-state index in [1.165, 1.54) is 39.2 Å². The Balaban J connectivity index is 1.79. The highest BCUT2D eigenvalue weighted by molar-refractivity contribution is 7.20. The third-order valence-electron chi connectivity index (χ3n) is 4.00. The van der Waals surface area contributed by atoms with E-state index in [2.05, 4.69) is 46.2 Å². The molecule has 0 aliphatic carbocycles. The quantitative estimate of drug-likeness (QED) is 0.691. The van der Waals surface area contributed by atoms with Crippen molar-refractivity contribution in [1.82, 2.24) is 14.6 Å². The maximum absolute atomic E-state index is 11.8. The van der Waals surface area contributed by atoms with Gasteiger partial charge in [-0.1, -0.05) is 35.6 Å². The fourth-order valence-corrected chi connectivity index (χ4v) is 3.87. The van der Waals surface area contributed by atoms with E-state index in [0.717, 1.165) is 18.1 Å². The minimum absolute atomic E-state index is 0.132. The summed E-state index contributed by atoms with van der Waals surface area (Å²) in [6.07, 6.45) is 2.54. The van der Waals surface area contributed by atoms with Crippen LogP contribution in [0, 0.1) is 0 Å². The van der Waals surface area contributed by atoms with Crippen molar-refractivity contribution >= 4 is 21.4 Å². The van der Waals surface area contributed by atoms with Crippen LogP contribution in [0.1, 0.15) is 24.1 Å². The van der Waals surface area contributed by atoms with Crippen LogP contribution in [-0.4, -0.2) is 21.1 Å². The Morgan fingerprint density at radius 2 is 2.14 bits per heavy atom. The maximum Gasteiger partial charge on any atom is 0.275 e. The summed E-state index contributed by atoms with van der Waals surface area (Å²) in [7, 11) is 0. The second kappa shape index (κ2) is 4.66. The molecule has 0 amide bonds. The van der Waals surface area contributed by atoms with Crippen LogP contribution in [0.2, 0.25) is 0 Å². The molecule has 0 radical (unpaired) electrons. The average Bonchev–Trinajstić information content (AvgIpc) is 2.93. The van der Waals surface area contributed by atoms with Gasteiger partial charge >= 0.3 is 0 Å². The zero-order valence-corrected chi connectivity index (χ0v) is 12.4. The number of anilines is 1. The Morgan fingerprint density at radius 3 is 3.00 bits per heavy atom. The van der Waals surface area contributed by atoms with Crippen molar-refractivity contribution in [3.63, 3.8) is 0 Å². The van der Waals surface area contributed by atoms with Gasteiger partial charge in [-0.2, -0.15) is 4.52 Å². The zero-order chi connectivity index (χ0) is 14.4. The molecule has 1 aliphatic heterocycles. The molecule has 3 heterocycles. The summed E-state index contributed by atoms with van der Waals surface area (Å²) >= 11 is 1.46. The maximum atomic E-state index is 11.8. The third kappa shape index (κ3) is 1.94. The topological polar surface area (TPSA) is 50.5 Å². The predicted molar refractivity (Wildman–Crippen MR) is 83.0 cm³/mol. The van der Waals surface area contributed by atoms with Crippen molar-refractivity contribution < 1.29 is 0 Å². The highest BCUT2D eigenvalue weighted by Crippen LogP contribution is 2.34. The van der Waals surface area contributed by atoms with E-state index in [4.69, 9.17) is 0 Å². The van der Waals surface area contributed by atoms with Crippen LogP contribution >= 0.6 is 11.3 Å². The lowest BCUT2D eigenvalue weighted by molar-refractivity contribution is 0.617. The highest BCUT2D eigenvalue weighted by atomic mass is 32.1. The molecule has 1 aromatic carbocycles. The van der Waals surface area contributed by atoms with Crippen LogP contribution in [0.25, 0.3) is 4.96 Å². The van der Waals surface area contributed by atoms with Gasteiger partial charge in [-0.3, -0.25) is 4.79 Å². The molecule has 4 rings (SSSR count). The highest BCUT2D eigenvalue weighted by Gasteiger charge is 2.26. The van der Waals surface area contributed by atoms with Gasteiger partial charge in [-0.15, -0.1) is 5.10 Å². The van der Waals surface area contributed by atoms with Gasteiger partial charge in [0.1, 0.15) is 0 Å². The predicted octanol–water partition coefficient (Wildman–Crippen LogP) is 2.27. The Kier molecular flexibility index (Phi) is 2.78. The summed E-state index contributed by atoms with van der Waals surface area (Å²) in [5.74, 6) is 0. The third-order valence-corrected chi connectivity index (χ3v) is 4.96. The van der Waals surface area contributed by atoms with E-state index in [1.54, 1.807) is 0 Å². The van der Waals surface area contributed by atoms with Crippen LogP contribution < -0.4 is 10.5 Å². The van der Waals surface area contributed by atoms with Gasteiger partial charge in [-0.25, -0.2) is 4.98 Å². The lowest BCUT2D eigenvalue weighted by Gasteiger charge is -2.34. The van der Waals surface area contributed by atoms with E-state index >= 15 is 0 Å². The number of nitrogens with zero attached hydrogens (tertiary/aromatic N) is 4. The SMILES string of the molecule is CC1c2ccccc2CCN1c1nn2c(=O)ccnc2s1. The standard InChI is InChI=1S/C15H14N4OS/c1-10-12-5-3-2-4-11(12)7-9-18(10)15-17-19-13(20)6-8-16-14(19)21-15/h2-6,8,10H,7,9H2,1H3. The van der Waals surface area contributed by atoms with Gasteiger partial charge in [0.15, 0.2) is 0 Å². The van der Waals surface area contributed by atoms with Gasteiger partial charge in [-0.05, 0) is 24.5 Å².